The van der Waals surface area contributed by atoms with E-state index in [1.165, 1.54) is 18.2 Å². The van der Waals surface area contributed by atoms with Gasteiger partial charge in [-0.2, -0.15) is 0 Å². The molecule has 1 unspecified atom stereocenters. The Hall–Kier alpha value is -1.30. The van der Waals surface area contributed by atoms with Crippen LogP contribution in [0.25, 0.3) is 0 Å². The van der Waals surface area contributed by atoms with Gasteiger partial charge >= 0.3 is 0 Å². The van der Waals surface area contributed by atoms with E-state index in [9.17, 15) is 8.78 Å². The van der Waals surface area contributed by atoms with Crippen molar-refractivity contribution in [2.45, 2.75) is 13.0 Å². The van der Waals surface area contributed by atoms with Crippen LogP contribution < -0.4 is 11.3 Å². The van der Waals surface area contributed by atoms with Crippen molar-refractivity contribution in [2.24, 2.45) is 5.84 Å². The number of aryl methyl sites for hydroxylation is 1. The van der Waals surface area contributed by atoms with Crippen LogP contribution in [-0.2, 0) is 0 Å². The van der Waals surface area contributed by atoms with Crippen LogP contribution in [0.2, 0.25) is 0 Å². The standard InChI is InChI=1S/C14H13BrF2N2/c1-8-6-10(16)3-4-11(8)14(19-18)12-7-9(15)2-5-13(12)17/h2-7,14,19H,18H2,1H3. The van der Waals surface area contributed by atoms with Crippen molar-refractivity contribution in [1.29, 1.82) is 0 Å². The van der Waals surface area contributed by atoms with Gasteiger partial charge in [0.2, 0.25) is 0 Å². The first-order valence-corrected chi connectivity index (χ1v) is 6.49. The summed E-state index contributed by atoms with van der Waals surface area (Å²) in [5.74, 6) is 4.84. The lowest BCUT2D eigenvalue weighted by Crippen LogP contribution is -2.30. The third-order valence-corrected chi connectivity index (χ3v) is 3.47. The largest absolute Gasteiger partial charge is 0.271 e. The molecule has 19 heavy (non-hydrogen) atoms. The monoisotopic (exact) mass is 326 g/mol. The summed E-state index contributed by atoms with van der Waals surface area (Å²) in [6.45, 7) is 1.76. The Kier molecular flexibility index (Phi) is 4.29. The van der Waals surface area contributed by atoms with Gasteiger partial charge in [0.25, 0.3) is 0 Å². The van der Waals surface area contributed by atoms with E-state index < -0.39 is 6.04 Å². The average molecular weight is 327 g/mol. The Morgan fingerprint density at radius 2 is 1.84 bits per heavy atom. The van der Waals surface area contributed by atoms with E-state index in [-0.39, 0.29) is 11.6 Å². The minimum absolute atomic E-state index is 0.327. The summed E-state index contributed by atoms with van der Waals surface area (Å²) in [7, 11) is 0. The Morgan fingerprint density at radius 1 is 1.11 bits per heavy atom. The van der Waals surface area contributed by atoms with Gasteiger partial charge in [0.1, 0.15) is 11.6 Å². The molecule has 0 amide bonds. The quantitative estimate of drug-likeness (QED) is 0.668. The molecule has 0 aromatic heterocycles. The fourth-order valence-electron chi connectivity index (χ4n) is 2.05. The first-order valence-electron chi connectivity index (χ1n) is 5.70. The number of hydrazine groups is 1. The minimum Gasteiger partial charge on any atom is -0.271 e. The molecule has 0 fully saturated rings. The highest BCUT2D eigenvalue weighted by Gasteiger charge is 2.19. The molecule has 0 radical (unpaired) electrons. The summed E-state index contributed by atoms with van der Waals surface area (Å²) in [6, 6.07) is 8.45. The number of hydrogen-bond donors (Lipinski definition) is 2. The summed E-state index contributed by atoms with van der Waals surface area (Å²) in [6.07, 6.45) is 0. The van der Waals surface area contributed by atoms with Crippen LogP contribution in [0.4, 0.5) is 8.78 Å². The summed E-state index contributed by atoms with van der Waals surface area (Å²) in [5, 5.41) is 0. The smallest absolute Gasteiger partial charge is 0.128 e. The van der Waals surface area contributed by atoms with Gasteiger partial charge in [0.15, 0.2) is 0 Å². The van der Waals surface area contributed by atoms with Crippen LogP contribution in [0.1, 0.15) is 22.7 Å². The van der Waals surface area contributed by atoms with E-state index in [2.05, 4.69) is 21.4 Å². The molecule has 1 atom stereocenters. The van der Waals surface area contributed by atoms with Gasteiger partial charge < -0.3 is 0 Å². The zero-order valence-corrected chi connectivity index (χ0v) is 11.8. The molecule has 3 N–H and O–H groups in total. The summed E-state index contributed by atoms with van der Waals surface area (Å²) in [4.78, 5) is 0. The Labute approximate surface area is 118 Å². The molecule has 0 saturated heterocycles. The highest BCUT2D eigenvalue weighted by Crippen LogP contribution is 2.28. The van der Waals surface area contributed by atoms with Crippen molar-refractivity contribution < 1.29 is 8.78 Å². The fraction of sp³-hybridized carbons (Fsp3) is 0.143. The maximum Gasteiger partial charge on any atom is 0.128 e. The van der Waals surface area contributed by atoms with E-state index in [0.717, 1.165) is 10.0 Å². The SMILES string of the molecule is Cc1cc(F)ccc1C(NN)c1cc(Br)ccc1F. The highest BCUT2D eigenvalue weighted by molar-refractivity contribution is 9.10. The number of benzene rings is 2. The predicted molar refractivity (Wildman–Crippen MR) is 74.4 cm³/mol. The molecule has 5 heteroatoms. The first-order chi connectivity index (χ1) is 9.02. The molecule has 0 heterocycles. The first kappa shape index (κ1) is 14.1. The lowest BCUT2D eigenvalue weighted by atomic mass is 9.95. The minimum atomic E-state index is -0.530. The lowest BCUT2D eigenvalue weighted by molar-refractivity contribution is 0.556. The molecule has 2 nitrogen and oxygen atoms in total. The second kappa shape index (κ2) is 5.77. The molecular formula is C14H13BrF2N2. The third-order valence-electron chi connectivity index (χ3n) is 2.98. The number of halogens is 3. The van der Waals surface area contributed by atoms with Crippen molar-refractivity contribution >= 4 is 15.9 Å². The fourth-order valence-corrected chi connectivity index (χ4v) is 2.42. The highest BCUT2D eigenvalue weighted by atomic mass is 79.9. The second-order valence-corrected chi connectivity index (χ2v) is 5.18. The molecule has 2 aromatic rings. The lowest BCUT2D eigenvalue weighted by Gasteiger charge is -2.20. The van der Waals surface area contributed by atoms with Crippen LogP contribution in [0, 0.1) is 18.6 Å². The Morgan fingerprint density at radius 3 is 2.47 bits per heavy atom. The molecule has 0 aliphatic heterocycles. The Balaban J connectivity index is 2.52. The molecular weight excluding hydrogens is 314 g/mol. The molecule has 0 saturated carbocycles. The maximum atomic E-state index is 13.9. The van der Waals surface area contributed by atoms with Gasteiger partial charge in [-0.15, -0.1) is 0 Å². The van der Waals surface area contributed by atoms with E-state index in [0.29, 0.717) is 11.1 Å². The topological polar surface area (TPSA) is 38.0 Å². The normalized spacial score (nSPS) is 12.5. The zero-order chi connectivity index (χ0) is 14.0. The molecule has 100 valence electrons. The second-order valence-electron chi connectivity index (χ2n) is 4.27. The van der Waals surface area contributed by atoms with Gasteiger partial charge in [-0.3, -0.25) is 5.84 Å². The van der Waals surface area contributed by atoms with Crippen LogP contribution in [0.5, 0.6) is 0 Å². The molecule has 0 bridgehead atoms. The predicted octanol–water partition coefficient (Wildman–Crippen LogP) is 3.59. The molecule has 0 aliphatic rings. The third kappa shape index (κ3) is 3.00. The van der Waals surface area contributed by atoms with Gasteiger partial charge in [-0.05, 0) is 48.4 Å². The molecule has 2 aromatic carbocycles. The van der Waals surface area contributed by atoms with Crippen molar-refractivity contribution in [1.82, 2.24) is 5.43 Å². The van der Waals surface area contributed by atoms with Crippen LogP contribution >= 0.6 is 15.9 Å². The number of nitrogens with one attached hydrogen (secondary N) is 1. The van der Waals surface area contributed by atoms with E-state index in [4.69, 9.17) is 5.84 Å². The van der Waals surface area contributed by atoms with E-state index >= 15 is 0 Å². The maximum absolute atomic E-state index is 13.9. The van der Waals surface area contributed by atoms with Crippen LogP contribution in [0.15, 0.2) is 40.9 Å². The van der Waals surface area contributed by atoms with Gasteiger partial charge in [0.05, 0.1) is 6.04 Å². The Bertz CT molecular complexity index is 602. The number of nitrogens with two attached hydrogens (primary N) is 1. The van der Waals surface area contributed by atoms with Crippen molar-refractivity contribution in [3.05, 3.63) is 69.2 Å². The van der Waals surface area contributed by atoms with Crippen LogP contribution in [0.3, 0.4) is 0 Å². The number of hydrogen-bond acceptors (Lipinski definition) is 2. The summed E-state index contributed by atoms with van der Waals surface area (Å²) >= 11 is 3.30. The van der Waals surface area contributed by atoms with Crippen molar-refractivity contribution in [3.8, 4) is 0 Å². The van der Waals surface area contributed by atoms with Crippen molar-refractivity contribution in [3.63, 3.8) is 0 Å². The molecule has 0 aliphatic carbocycles. The zero-order valence-electron chi connectivity index (χ0n) is 10.3. The van der Waals surface area contributed by atoms with Gasteiger partial charge in [0, 0.05) is 10.0 Å². The van der Waals surface area contributed by atoms with E-state index in [1.54, 1.807) is 25.1 Å². The molecule has 0 spiro atoms. The average Bonchev–Trinajstić information content (AvgIpc) is 2.36. The van der Waals surface area contributed by atoms with Crippen molar-refractivity contribution in [2.75, 3.05) is 0 Å². The van der Waals surface area contributed by atoms with Crippen LogP contribution in [-0.4, -0.2) is 0 Å². The number of rotatable bonds is 3. The summed E-state index contributed by atoms with van der Waals surface area (Å²) in [5.41, 5.74) is 4.44. The van der Waals surface area contributed by atoms with Gasteiger partial charge in [-0.1, -0.05) is 22.0 Å². The van der Waals surface area contributed by atoms with Gasteiger partial charge in [-0.25, -0.2) is 14.2 Å². The molecule has 2 rings (SSSR count). The van der Waals surface area contributed by atoms with E-state index in [1.807, 2.05) is 0 Å². The summed E-state index contributed by atoms with van der Waals surface area (Å²) < 4.78 is 27.8.